The first-order chi connectivity index (χ1) is 11.9. The van der Waals surface area contributed by atoms with Gasteiger partial charge in [0.05, 0.1) is 11.6 Å². The first kappa shape index (κ1) is 18.5. The minimum absolute atomic E-state index is 0.144. The quantitative estimate of drug-likeness (QED) is 0.685. The summed E-state index contributed by atoms with van der Waals surface area (Å²) in [6, 6.07) is 6.95. The number of hydrogen-bond donors (Lipinski definition) is 3. The van der Waals surface area contributed by atoms with Crippen molar-refractivity contribution in [3.05, 3.63) is 52.3 Å². The number of anilines is 1. The molecule has 0 unspecified atom stereocenters. The van der Waals surface area contributed by atoms with E-state index in [-0.39, 0.29) is 18.1 Å². The Morgan fingerprint density at radius 1 is 1.20 bits per heavy atom. The maximum Gasteiger partial charge on any atom is 0.355 e. The van der Waals surface area contributed by atoms with E-state index < -0.39 is 18.5 Å². The lowest BCUT2D eigenvalue weighted by Crippen LogP contribution is -2.35. The summed E-state index contributed by atoms with van der Waals surface area (Å²) in [5.41, 5.74) is 2.85. The Labute approximate surface area is 149 Å². The highest BCUT2D eigenvalue weighted by Crippen LogP contribution is 2.17. The summed E-state index contributed by atoms with van der Waals surface area (Å²) >= 11 is 5.68. The lowest BCUT2D eigenvalue weighted by atomic mass is 10.1. The van der Waals surface area contributed by atoms with Crippen molar-refractivity contribution in [1.82, 2.24) is 10.3 Å². The SMILES string of the molecule is Cc1cccc(NC(=O)CNC(=O)COC(=O)c2cc(Cl)c[nH]2)c1C. The molecule has 0 fully saturated rings. The Morgan fingerprint density at radius 2 is 1.96 bits per heavy atom. The van der Waals surface area contributed by atoms with Crippen LogP contribution in [-0.2, 0) is 14.3 Å². The minimum atomic E-state index is -0.707. The molecule has 2 aromatic rings. The largest absolute Gasteiger partial charge is 0.451 e. The van der Waals surface area contributed by atoms with Gasteiger partial charge in [-0.05, 0) is 37.1 Å². The molecular formula is C17H18ClN3O4. The summed E-state index contributed by atoms with van der Waals surface area (Å²) in [4.78, 5) is 37.8. The zero-order valence-electron chi connectivity index (χ0n) is 13.8. The second-order valence-electron chi connectivity index (χ2n) is 5.38. The number of hydrogen-bond acceptors (Lipinski definition) is 4. The second kappa shape index (κ2) is 8.34. The number of aromatic amines is 1. The molecule has 2 rings (SSSR count). The van der Waals surface area contributed by atoms with Gasteiger partial charge >= 0.3 is 5.97 Å². The van der Waals surface area contributed by atoms with Crippen LogP contribution < -0.4 is 10.6 Å². The van der Waals surface area contributed by atoms with Crippen LogP contribution in [-0.4, -0.2) is 35.9 Å². The Bertz CT molecular complexity index is 801. The van der Waals surface area contributed by atoms with Crippen molar-refractivity contribution >= 4 is 35.1 Å². The van der Waals surface area contributed by atoms with Gasteiger partial charge in [-0.25, -0.2) is 4.79 Å². The lowest BCUT2D eigenvalue weighted by molar-refractivity contribution is -0.126. The molecule has 2 amide bonds. The summed E-state index contributed by atoms with van der Waals surface area (Å²) in [6.07, 6.45) is 1.43. The molecule has 1 heterocycles. The number of carbonyl (C=O) groups excluding carboxylic acids is 3. The molecule has 8 heteroatoms. The van der Waals surface area contributed by atoms with E-state index in [9.17, 15) is 14.4 Å². The predicted molar refractivity (Wildman–Crippen MR) is 93.6 cm³/mol. The van der Waals surface area contributed by atoms with E-state index in [4.69, 9.17) is 16.3 Å². The number of aromatic nitrogens is 1. The van der Waals surface area contributed by atoms with Crippen LogP contribution in [0.25, 0.3) is 0 Å². The summed E-state index contributed by atoms with van der Waals surface area (Å²) in [6.45, 7) is 3.12. The van der Waals surface area contributed by atoms with Crippen molar-refractivity contribution in [2.75, 3.05) is 18.5 Å². The van der Waals surface area contributed by atoms with Gasteiger partial charge < -0.3 is 20.4 Å². The van der Waals surface area contributed by atoms with Crippen molar-refractivity contribution < 1.29 is 19.1 Å². The molecule has 25 heavy (non-hydrogen) atoms. The van der Waals surface area contributed by atoms with E-state index in [0.717, 1.165) is 11.1 Å². The van der Waals surface area contributed by atoms with Crippen LogP contribution in [0.1, 0.15) is 21.6 Å². The zero-order valence-corrected chi connectivity index (χ0v) is 14.6. The third-order valence-electron chi connectivity index (χ3n) is 3.53. The third-order valence-corrected chi connectivity index (χ3v) is 3.75. The number of esters is 1. The first-order valence-corrected chi connectivity index (χ1v) is 7.88. The van der Waals surface area contributed by atoms with E-state index in [1.165, 1.54) is 12.3 Å². The van der Waals surface area contributed by atoms with Crippen LogP contribution in [0.15, 0.2) is 30.5 Å². The molecule has 0 atom stereocenters. The maximum atomic E-state index is 11.9. The van der Waals surface area contributed by atoms with E-state index in [1.807, 2.05) is 26.0 Å². The van der Waals surface area contributed by atoms with Crippen LogP contribution in [0.3, 0.4) is 0 Å². The molecule has 7 nitrogen and oxygen atoms in total. The second-order valence-corrected chi connectivity index (χ2v) is 5.82. The van der Waals surface area contributed by atoms with Gasteiger partial charge in [0.25, 0.3) is 5.91 Å². The molecule has 0 aliphatic rings. The van der Waals surface area contributed by atoms with Gasteiger partial charge in [0.1, 0.15) is 5.69 Å². The summed E-state index contributed by atoms with van der Waals surface area (Å²) < 4.78 is 4.82. The number of ether oxygens (including phenoxy) is 1. The monoisotopic (exact) mass is 363 g/mol. The fourth-order valence-electron chi connectivity index (χ4n) is 2.01. The number of amides is 2. The third kappa shape index (κ3) is 5.36. The normalized spacial score (nSPS) is 10.2. The van der Waals surface area contributed by atoms with Gasteiger partial charge in [0, 0.05) is 11.9 Å². The molecule has 132 valence electrons. The molecule has 0 spiro atoms. The van der Waals surface area contributed by atoms with Crippen LogP contribution in [0.2, 0.25) is 5.02 Å². The van der Waals surface area contributed by atoms with Crippen LogP contribution in [0.5, 0.6) is 0 Å². The van der Waals surface area contributed by atoms with Gasteiger partial charge in [0.15, 0.2) is 6.61 Å². The fourth-order valence-corrected chi connectivity index (χ4v) is 2.17. The number of aryl methyl sites for hydroxylation is 1. The standard InChI is InChI=1S/C17H18ClN3O4/c1-10-4-3-5-13(11(10)2)21-15(22)8-20-16(23)9-25-17(24)14-6-12(18)7-19-14/h3-7,19H,8-9H2,1-2H3,(H,20,23)(H,21,22). The number of benzene rings is 1. The van der Waals surface area contributed by atoms with E-state index >= 15 is 0 Å². The minimum Gasteiger partial charge on any atom is -0.451 e. The fraction of sp³-hybridized carbons (Fsp3) is 0.235. The number of H-pyrrole nitrogens is 1. The van der Waals surface area contributed by atoms with Gasteiger partial charge in [0.2, 0.25) is 5.91 Å². The lowest BCUT2D eigenvalue weighted by Gasteiger charge is -2.11. The predicted octanol–water partition coefficient (Wildman–Crippen LogP) is 2.20. The van der Waals surface area contributed by atoms with Gasteiger partial charge in [-0.3, -0.25) is 9.59 Å². The maximum absolute atomic E-state index is 11.9. The van der Waals surface area contributed by atoms with Crippen molar-refractivity contribution in [3.63, 3.8) is 0 Å². The van der Waals surface area contributed by atoms with Crippen LogP contribution >= 0.6 is 11.6 Å². The summed E-state index contributed by atoms with van der Waals surface area (Å²) in [7, 11) is 0. The highest BCUT2D eigenvalue weighted by atomic mass is 35.5. The summed E-state index contributed by atoms with van der Waals surface area (Å²) in [5, 5.41) is 5.46. The molecule has 3 N–H and O–H groups in total. The van der Waals surface area contributed by atoms with Crippen molar-refractivity contribution in [3.8, 4) is 0 Å². The number of halogens is 1. The van der Waals surface area contributed by atoms with Gasteiger partial charge in [-0.2, -0.15) is 0 Å². The van der Waals surface area contributed by atoms with E-state index in [1.54, 1.807) is 6.07 Å². The number of rotatable bonds is 6. The van der Waals surface area contributed by atoms with Crippen LogP contribution in [0.4, 0.5) is 5.69 Å². The molecule has 0 saturated heterocycles. The molecular weight excluding hydrogens is 346 g/mol. The Hall–Kier alpha value is -2.80. The topological polar surface area (TPSA) is 100 Å². The molecule has 0 saturated carbocycles. The van der Waals surface area contributed by atoms with Crippen molar-refractivity contribution in [1.29, 1.82) is 0 Å². The Morgan fingerprint density at radius 3 is 2.64 bits per heavy atom. The number of carbonyl (C=O) groups is 3. The highest BCUT2D eigenvalue weighted by molar-refractivity contribution is 6.30. The van der Waals surface area contributed by atoms with Gasteiger partial charge in [-0.1, -0.05) is 23.7 Å². The van der Waals surface area contributed by atoms with E-state index in [2.05, 4.69) is 15.6 Å². The highest BCUT2D eigenvalue weighted by Gasteiger charge is 2.13. The average Bonchev–Trinajstić information content (AvgIpc) is 3.01. The Kier molecular flexibility index (Phi) is 6.19. The molecule has 0 radical (unpaired) electrons. The molecule has 0 aliphatic carbocycles. The zero-order chi connectivity index (χ0) is 18.4. The number of nitrogens with one attached hydrogen (secondary N) is 3. The van der Waals surface area contributed by atoms with Crippen molar-refractivity contribution in [2.45, 2.75) is 13.8 Å². The van der Waals surface area contributed by atoms with Crippen molar-refractivity contribution in [2.24, 2.45) is 0 Å². The molecule has 1 aromatic heterocycles. The smallest absolute Gasteiger partial charge is 0.355 e. The van der Waals surface area contributed by atoms with Gasteiger partial charge in [-0.15, -0.1) is 0 Å². The molecule has 1 aromatic carbocycles. The molecule has 0 bridgehead atoms. The summed E-state index contributed by atoms with van der Waals surface area (Å²) in [5.74, 6) is -1.66. The molecule has 0 aliphatic heterocycles. The average molecular weight is 364 g/mol. The Balaban J connectivity index is 1.75. The van der Waals surface area contributed by atoms with E-state index in [0.29, 0.717) is 10.7 Å². The first-order valence-electron chi connectivity index (χ1n) is 7.50. The van der Waals surface area contributed by atoms with Crippen LogP contribution in [0, 0.1) is 13.8 Å².